The number of furan rings is 1. The van der Waals surface area contributed by atoms with Crippen LogP contribution in [0.25, 0.3) is 83.0 Å². The fraction of sp³-hybridized carbons (Fsp3) is 0.0196. The van der Waals surface area contributed by atoms with Gasteiger partial charge in [0.1, 0.15) is 5.58 Å². The molecule has 3 heterocycles. The molecule has 3 aromatic heterocycles. The molecule has 0 saturated heterocycles. The lowest BCUT2D eigenvalue weighted by Crippen LogP contribution is -2.28. The number of aromatic nitrogens is 3. The van der Waals surface area contributed by atoms with E-state index in [-0.39, 0.29) is 0 Å². The van der Waals surface area contributed by atoms with Crippen LogP contribution in [-0.4, -0.2) is 14.5 Å². The predicted octanol–water partition coefficient (Wildman–Crippen LogP) is 12.7. The second-order valence-corrected chi connectivity index (χ2v) is 14.5. The second kappa shape index (κ2) is 11.3. The third kappa shape index (κ3) is 4.16. The van der Waals surface area contributed by atoms with Crippen molar-refractivity contribution in [2.75, 3.05) is 0 Å². The Morgan fingerprint density at radius 2 is 1.09 bits per heavy atom. The van der Waals surface area contributed by atoms with E-state index in [0.717, 1.165) is 38.8 Å². The van der Waals surface area contributed by atoms with Gasteiger partial charge < -0.3 is 4.42 Å². The number of hydrogen-bond acceptors (Lipinski definition) is 3. The normalized spacial score (nSPS) is 13.2. The van der Waals surface area contributed by atoms with Crippen molar-refractivity contribution in [3.05, 3.63) is 210 Å². The number of fused-ring (bicyclic) bond motifs is 10. The molecular weight excluding hydrogens is 671 g/mol. The zero-order valence-electron chi connectivity index (χ0n) is 29.6. The van der Waals surface area contributed by atoms with Crippen molar-refractivity contribution in [1.82, 2.24) is 14.5 Å². The summed E-state index contributed by atoms with van der Waals surface area (Å²) in [6.45, 7) is 0. The van der Waals surface area contributed by atoms with Gasteiger partial charge in [-0.3, -0.25) is 4.57 Å². The van der Waals surface area contributed by atoms with E-state index in [4.69, 9.17) is 14.4 Å². The fourth-order valence-corrected chi connectivity index (χ4v) is 9.37. The maximum atomic E-state index is 6.58. The minimum atomic E-state index is -0.479. The summed E-state index contributed by atoms with van der Waals surface area (Å²) in [6.07, 6.45) is 0. The van der Waals surface area contributed by atoms with Crippen molar-refractivity contribution >= 4 is 54.6 Å². The van der Waals surface area contributed by atoms with Gasteiger partial charge in [-0.15, -0.1) is 0 Å². The van der Waals surface area contributed by atoms with Crippen molar-refractivity contribution in [3.63, 3.8) is 0 Å². The Morgan fingerprint density at radius 3 is 1.89 bits per heavy atom. The minimum absolute atomic E-state index is 0.479. The minimum Gasteiger partial charge on any atom is -0.437 e. The number of nitrogens with zero attached hydrogens (tertiary/aromatic N) is 3. The van der Waals surface area contributed by atoms with Crippen LogP contribution in [-0.2, 0) is 5.41 Å². The molecule has 4 heteroatoms. The van der Waals surface area contributed by atoms with E-state index < -0.39 is 5.41 Å². The Morgan fingerprint density at radius 1 is 0.455 bits per heavy atom. The molecule has 0 spiro atoms. The number of hydrogen-bond donors (Lipinski definition) is 0. The molecule has 1 aliphatic carbocycles. The molecular formula is C51H31N3O. The average molecular weight is 702 g/mol. The lowest BCUT2D eigenvalue weighted by atomic mass is 9.67. The lowest BCUT2D eigenvalue weighted by Gasteiger charge is -2.33. The molecule has 0 radical (unpaired) electrons. The highest BCUT2D eigenvalue weighted by Crippen LogP contribution is 2.56. The lowest BCUT2D eigenvalue weighted by molar-refractivity contribution is 0.653. The van der Waals surface area contributed by atoms with Crippen LogP contribution >= 0.6 is 0 Å². The molecule has 0 amide bonds. The zero-order chi connectivity index (χ0) is 36.1. The van der Waals surface area contributed by atoms with Gasteiger partial charge in [0.25, 0.3) is 0 Å². The van der Waals surface area contributed by atoms with Crippen molar-refractivity contribution in [1.29, 1.82) is 0 Å². The van der Waals surface area contributed by atoms with Crippen molar-refractivity contribution < 1.29 is 4.42 Å². The van der Waals surface area contributed by atoms with E-state index in [1.807, 2.05) is 12.1 Å². The van der Waals surface area contributed by atoms with E-state index in [9.17, 15) is 0 Å². The molecule has 256 valence electrons. The van der Waals surface area contributed by atoms with Crippen LogP contribution in [0, 0.1) is 0 Å². The monoisotopic (exact) mass is 701 g/mol. The summed E-state index contributed by atoms with van der Waals surface area (Å²) >= 11 is 0. The van der Waals surface area contributed by atoms with Gasteiger partial charge in [-0.25, -0.2) is 4.98 Å². The molecule has 0 fully saturated rings. The molecule has 0 N–H and O–H groups in total. The quantitative estimate of drug-likeness (QED) is 0.183. The van der Waals surface area contributed by atoms with E-state index >= 15 is 0 Å². The first-order valence-corrected chi connectivity index (χ1v) is 18.7. The highest BCUT2D eigenvalue weighted by atomic mass is 16.3. The van der Waals surface area contributed by atoms with Gasteiger partial charge >= 0.3 is 0 Å². The molecule has 0 aliphatic heterocycles. The summed E-state index contributed by atoms with van der Waals surface area (Å²) in [7, 11) is 0. The van der Waals surface area contributed by atoms with E-state index in [0.29, 0.717) is 11.5 Å². The van der Waals surface area contributed by atoms with E-state index in [2.05, 4.69) is 180 Å². The maximum Gasteiger partial charge on any atom is 0.233 e. The van der Waals surface area contributed by atoms with Crippen LogP contribution in [0.5, 0.6) is 0 Å². The fourth-order valence-electron chi connectivity index (χ4n) is 9.37. The van der Waals surface area contributed by atoms with Gasteiger partial charge in [0.2, 0.25) is 5.71 Å². The van der Waals surface area contributed by atoms with Crippen LogP contribution in [0.1, 0.15) is 22.3 Å². The van der Waals surface area contributed by atoms with Gasteiger partial charge in [0, 0.05) is 21.7 Å². The molecule has 55 heavy (non-hydrogen) atoms. The van der Waals surface area contributed by atoms with Gasteiger partial charge in [0.05, 0.1) is 21.8 Å². The van der Waals surface area contributed by atoms with Crippen LogP contribution in [0.2, 0.25) is 0 Å². The van der Waals surface area contributed by atoms with Crippen LogP contribution in [0.3, 0.4) is 0 Å². The SMILES string of the molecule is c1ccc(C2(c3ccccc3)c3ccccc3-c3cc(-c4nc(-n5c6ccccc6c6cc7ccccc7cc65)c5c(n4)oc4ccccc45)ccc32)cc1. The topological polar surface area (TPSA) is 43.9 Å². The highest BCUT2D eigenvalue weighted by Gasteiger charge is 2.46. The van der Waals surface area contributed by atoms with Crippen molar-refractivity contribution in [2.45, 2.75) is 5.41 Å². The van der Waals surface area contributed by atoms with Crippen LogP contribution < -0.4 is 0 Å². The Kier molecular flexibility index (Phi) is 6.23. The molecule has 12 rings (SSSR count). The first-order valence-electron chi connectivity index (χ1n) is 18.7. The van der Waals surface area contributed by atoms with Crippen molar-refractivity contribution in [3.8, 4) is 28.3 Å². The van der Waals surface area contributed by atoms with Crippen molar-refractivity contribution in [2.24, 2.45) is 0 Å². The maximum absolute atomic E-state index is 6.58. The van der Waals surface area contributed by atoms with E-state index in [1.54, 1.807) is 0 Å². The third-order valence-electron chi connectivity index (χ3n) is 11.7. The standard InChI is InChI=1S/C51H31N3O/c1-3-17-35(18-4-1)51(36-19-5-2-6-20-36)42-24-12-9-21-37(42)40-30-34(27-28-43(40)51)48-52-49(47-39-23-11-14-26-46(39)55-50(47)53-48)54-44-25-13-10-22-38(44)41-29-32-15-7-8-16-33(32)31-45(41)54/h1-31H. The predicted molar refractivity (Wildman–Crippen MR) is 224 cm³/mol. The van der Waals surface area contributed by atoms with E-state index in [1.165, 1.54) is 54.9 Å². The molecule has 8 aromatic carbocycles. The summed E-state index contributed by atoms with van der Waals surface area (Å²) in [5.41, 5.74) is 11.4. The smallest absolute Gasteiger partial charge is 0.233 e. The summed E-state index contributed by atoms with van der Waals surface area (Å²) < 4.78 is 8.89. The summed E-state index contributed by atoms with van der Waals surface area (Å²) in [6, 6.07) is 67.4. The highest BCUT2D eigenvalue weighted by molar-refractivity contribution is 6.16. The molecule has 1 aliphatic rings. The number of rotatable bonds is 4. The molecule has 0 saturated carbocycles. The Bertz CT molecular complexity index is 3280. The molecule has 0 unspecified atom stereocenters. The first-order chi connectivity index (χ1) is 27.3. The molecule has 0 bridgehead atoms. The second-order valence-electron chi connectivity index (χ2n) is 14.5. The largest absolute Gasteiger partial charge is 0.437 e. The summed E-state index contributed by atoms with van der Waals surface area (Å²) in [4.78, 5) is 10.7. The average Bonchev–Trinajstić information content (AvgIpc) is 3.89. The molecule has 4 nitrogen and oxygen atoms in total. The van der Waals surface area contributed by atoms with Crippen LogP contribution in [0.15, 0.2) is 192 Å². The number of benzene rings is 8. The van der Waals surface area contributed by atoms with Gasteiger partial charge in [-0.1, -0.05) is 158 Å². The first kappa shape index (κ1) is 30.2. The Balaban J connectivity index is 1.16. The third-order valence-corrected chi connectivity index (χ3v) is 11.7. The molecule has 11 aromatic rings. The van der Waals surface area contributed by atoms with Gasteiger partial charge in [-0.05, 0) is 74.5 Å². The zero-order valence-corrected chi connectivity index (χ0v) is 29.6. The molecule has 0 atom stereocenters. The van der Waals surface area contributed by atoms with Gasteiger partial charge in [-0.2, -0.15) is 4.98 Å². The summed E-state index contributed by atoms with van der Waals surface area (Å²) in [5.74, 6) is 1.42. The number of para-hydroxylation sites is 2. The summed E-state index contributed by atoms with van der Waals surface area (Å²) in [5, 5.41) is 6.64. The Hall–Kier alpha value is -7.30. The van der Waals surface area contributed by atoms with Crippen LogP contribution in [0.4, 0.5) is 0 Å². The Labute approximate surface area is 316 Å². The van der Waals surface area contributed by atoms with Gasteiger partial charge in [0.15, 0.2) is 11.6 Å².